The van der Waals surface area contributed by atoms with Crippen LogP contribution >= 0.6 is 0 Å². The van der Waals surface area contributed by atoms with Gasteiger partial charge in [0, 0.05) is 23.1 Å². The molecule has 1 heterocycles. The Hall–Kier alpha value is -2.99. The van der Waals surface area contributed by atoms with E-state index in [1.165, 1.54) is 20.1 Å². The summed E-state index contributed by atoms with van der Waals surface area (Å²) >= 11 is 0. The van der Waals surface area contributed by atoms with Gasteiger partial charge in [0.2, 0.25) is 0 Å². The minimum Gasteiger partial charge on any atom is -0.504 e. The van der Waals surface area contributed by atoms with Crippen LogP contribution in [0.2, 0.25) is 0 Å². The molecule has 0 amide bonds. The lowest BCUT2D eigenvalue weighted by atomic mass is 9.96. The topological polar surface area (TPSA) is 89.1 Å². The lowest BCUT2D eigenvalue weighted by Gasteiger charge is -2.10. The van der Waals surface area contributed by atoms with E-state index < -0.39 is 0 Å². The molecule has 1 aromatic heterocycles. The fraction of sp³-hybridized carbons (Fsp3) is 0.286. The lowest BCUT2D eigenvalue weighted by molar-refractivity contribution is 0.101. The minimum absolute atomic E-state index is 0.0330. The van der Waals surface area contributed by atoms with Crippen LogP contribution in [0.15, 0.2) is 34.7 Å². The average Bonchev–Trinajstić information content (AvgIpc) is 3.10. The molecule has 0 aliphatic rings. The van der Waals surface area contributed by atoms with Gasteiger partial charge in [-0.3, -0.25) is 4.79 Å². The number of ether oxygens (including phenoxy) is 2. The standard InChI is InChI=1S/C21H22O6/c1-12(23)20-14(5-4-8-22)10-19(26-3)21-15(20)11-17(27-21)13-6-7-16(24)18(9-13)25-2/h6-7,9-11,22,24H,4-5,8H2,1-3H3. The van der Waals surface area contributed by atoms with Gasteiger partial charge in [-0.15, -0.1) is 0 Å². The number of ketones is 1. The number of benzene rings is 2. The number of phenols is 1. The maximum atomic E-state index is 12.3. The number of aromatic hydroxyl groups is 1. The van der Waals surface area contributed by atoms with E-state index in [1.54, 1.807) is 31.4 Å². The number of fused-ring (bicyclic) bond motifs is 1. The SMILES string of the molecule is COc1cc(-c2cc3c(C(C)=O)c(CCCO)cc(OC)c3o2)ccc1O. The van der Waals surface area contributed by atoms with E-state index in [2.05, 4.69) is 0 Å². The Kier molecular flexibility index (Phi) is 5.37. The smallest absolute Gasteiger partial charge is 0.177 e. The molecular weight excluding hydrogens is 348 g/mol. The normalized spacial score (nSPS) is 11.0. The summed E-state index contributed by atoms with van der Waals surface area (Å²) in [6.07, 6.45) is 1.11. The summed E-state index contributed by atoms with van der Waals surface area (Å²) in [6.45, 7) is 1.56. The molecule has 0 atom stereocenters. The molecule has 0 aliphatic carbocycles. The van der Waals surface area contributed by atoms with Crippen LogP contribution in [0.3, 0.4) is 0 Å². The van der Waals surface area contributed by atoms with Crippen molar-refractivity contribution < 1.29 is 28.9 Å². The van der Waals surface area contributed by atoms with Crippen molar-refractivity contribution in [2.45, 2.75) is 19.8 Å². The molecule has 27 heavy (non-hydrogen) atoms. The highest BCUT2D eigenvalue weighted by atomic mass is 16.5. The third kappa shape index (κ3) is 3.48. The van der Waals surface area contributed by atoms with Gasteiger partial charge in [-0.1, -0.05) is 0 Å². The summed E-state index contributed by atoms with van der Waals surface area (Å²) in [5.41, 5.74) is 2.57. The summed E-state index contributed by atoms with van der Waals surface area (Å²) in [6, 6.07) is 8.49. The molecule has 0 radical (unpaired) electrons. The lowest BCUT2D eigenvalue weighted by Crippen LogP contribution is -2.03. The number of hydrogen-bond donors (Lipinski definition) is 2. The van der Waals surface area contributed by atoms with Crippen molar-refractivity contribution >= 4 is 16.8 Å². The van der Waals surface area contributed by atoms with Gasteiger partial charge >= 0.3 is 0 Å². The first-order valence-electron chi connectivity index (χ1n) is 8.62. The number of phenolic OH excluding ortho intramolecular Hbond substituents is 1. The van der Waals surface area contributed by atoms with E-state index in [4.69, 9.17) is 19.0 Å². The molecule has 0 aliphatic heterocycles. The van der Waals surface area contributed by atoms with Gasteiger partial charge in [0.25, 0.3) is 0 Å². The Morgan fingerprint density at radius 3 is 2.48 bits per heavy atom. The van der Waals surface area contributed by atoms with Crippen molar-refractivity contribution in [3.05, 3.63) is 41.5 Å². The summed E-state index contributed by atoms with van der Waals surface area (Å²) < 4.78 is 16.6. The third-order valence-electron chi connectivity index (χ3n) is 4.49. The molecule has 2 aromatic carbocycles. The van der Waals surface area contributed by atoms with Crippen molar-refractivity contribution in [3.63, 3.8) is 0 Å². The van der Waals surface area contributed by atoms with Gasteiger partial charge in [0.1, 0.15) is 5.76 Å². The van der Waals surface area contributed by atoms with Gasteiger partial charge in [-0.2, -0.15) is 0 Å². The van der Waals surface area contributed by atoms with Crippen LogP contribution in [-0.4, -0.2) is 36.8 Å². The number of carbonyl (C=O) groups excluding carboxylic acids is 1. The number of methoxy groups -OCH3 is 2. The highest BCUT2D eigenvalue weighted by Gasteiger charge is 2.21. The molecule has 0 spiro atoms. The Bertz CT molecular complexity index is 986. The Morgan fingerprint density at radius 2 is 1.85 bits per heavy atom. The number of aliphatic hydroxyl groups is 1. The monoisotopic (exact) mass is 370 g/mol. The van der Waals surface area contributed by atoms with Crippen LogP contribution in [0.4, 0.5) is 0 Å². The van der Waals surface area contributed by atoms with Crippen molar-refractivity contribution in [1.29, 1.82) is 0 Å². The number of carbonyl (C=O) groups is 1. The van der Waals surface area contributed by atoms with Crippen molar-refractivity contribution in [1.82, 2.24) is 0 Å². The predicted molar refractivity (Wildman–Crippen MR) is 102 cm³/mol. The Morgan fingerprint density at radius 1 is 1.11 bits per heavy atom. The zero-order chi connectivity index (χ0) is 19.6. The second-order valence-corrected chi connectivity index (χ2v) is 6.24. The highest BCUT2D eigenvalue weighted by Crippen LogP contribution is 2.39. The molecule has 6 heteroatoms. The molecule has 2 N–H and O–H groups in total. The second kappa shape index (κ2) is 7.72. The van der Waals surface area contributed by atoms with E-state index in [0.717, 1.165) is 5.56 Å². The molecule has 0 saturated carbocycles. The van der Waals surface area contributed by atoms with Crippen LogP contribution in [-0.2, 0) is 6.42 Å². The molecule has 3 rings (SSSR count). The molecule has 0 unspecified atom stereocenters. The van der Waals surface area contributed by atoms with Crippen LogP contribution in [0.5, 0.6) is 17.2 Å². The van der Waals surface area contributed by atoms with Crippen LogP contribution < -0.4 is 9.47 Å². The average molecular weight is 370 g/mol. The quantitative estimate of drug-likeness (QED) is 0.612. The van der Waals surface area contributed by atoms with E-state index in [1.807, 2.05) is 0 Å². The second-order valence-electron chi connectivity index (χ2n) is 6.24. The summed E-state index contributed by atoms with van der Waals surface area (Å²) in [4.78, 5) is 12.3. The van der Waals surface area contributed by atoms with Gasteiger partial charge in [0.05, 0.1) is 14.2 Å². The zero-order valence-corrected chi connectivity index (χ0v) is 15.5. The highest BCUT2D eigenvalue weighted by molar-refractivity contribution is 6.09. The first-order chi connectivity index (χ1) is 13.0. The van der Waals surface area contributed by atoms with Crippen molar-refractivity contribution in [3.8, 4) is 28.6 Å². The number of Topliss-reactive ketones (excluding diaryl/α,β-unsaturated/α-hetero) is 1. The molecule has 6 nitrogen and oxygen atoms in total. The van der Waals surface area contributed by atoms with E-state index in [9.17, 15) is 9.90 Å². The Labute approximate surface area is 156 Å². The molecule has 0 fully saturated rings. The minimum atomic E-state index is -0.0776. The third-order valence-corrected chi connectivity index (χ3v) is 4.49. The van der Waals surface area contributed by atoms with Gasteiger partial charge < -0.3 is 24.1 Å². The molecule has 0 saturated heterocycles. The first-order valence-corrected chi connectivity index (χ1v) is 8.62. The number of rotatable bonds is 7. The van der Waals surface area contributed by atoms with Crippen LogP contribution in [0, 0.1) is 0 Å². The fourth-order valence-corrected chi connectivity index (χ4v) is 3.24. The maximum absolute atomic E-state index is 12.3. The zero-order valence-electron chi connectivity index (χ0n) is 15.5. The van der Waals surface area contributed by atoms with Gasteiger partial charge in [-0.05, 0) is 55.7 Å². The van der Waals surface area contributed by atoms with E-state index in [-0.39, 0.29) is 18.1 Å². The number of aryl methyl sites for hydroxylation is 1. The van der Waals surface area contributed by atoms with Gasteiger partial charge in [-0.25, -0.2) is 0 Å². The van der Waals surface area contributed by atoms with Crippen molar-refractivity contribution in [2.24, 2.45) is 0 Å². The Balaban J connectivity index is 2.23. The molecule has 142 valence electrons. The van der Waals surface area contributed by atoms with E-state index in [0.29, 0.717) is 52.2 Å². The van der Waals surface area contributed by atoms with Crippen LogP contribution in [0.25, 0.3) is 22.3 Å². The molecule has 0 bridgehead atoms. The molecular formula is C21H22O6. The fourth-order valence-electron chi connectivity index (χ4n) is 3.24. The van der Waals surface area contributed by atoms with E-state index >= 15 is 0 Å². The summed E-state index contributed by atoms with van der Waals surface area (Å²) in [5.74, 6) is 1.34. The number of aliphatic hydroxyl groups excluding tert-OH is 1. The summed E-state index contributed by atoms with van der Waals surface area (Å²) in [7, 11) is 3.02. The van der Waals surface area contributed by atoms with Crippen molar-refractivity contribution in [2.75, 3.05) is 20.8 Å². The van der Waals surface area contributed by atoms with Gasteiger partial charge in [0.15, 0.2) is 28.6 Å². The first kappa shape index (κ1) is 18.8. The summed E-state index contributed by atoms with van der Waals surface area (Å²) in [5, 5.41) is 19.6. The maximum Gasteiger partial charge on any atom is 0.177 e. The number of furan rings is 1. The predicted octanol–water partition coefficient (Wildman–Crippen LogP) is 3.95. The molecule has 3 aromatic rings. The largest absolute Gasteiger partial charge is 0.504 e. The van der Waals surface area contributed by atoms with Crippen LogP contribution in [0.1, 0.15) is 29.3 Å². The number of hydrogen-bond acceptors (Lipinski definition) is 6.